The third-order valence-corrected chi connectivity index (χ3v) is 7.01. The van der Waals surface area contributed by atoms with E-state index in [-0.39, 0.29) is 36.3 Å². The molecule has 3 aromatic rings. The molecule has 0 radical (unpaired) electrons. The number of hydrogen-bond acceptors (Lipinski definition) is 6. The Morgan fingerprint density at radius 2 is 1.69 bits per heavy atom. The van der Waals surface area contributed by atoms with Gasteiger partial charge in [0.1, 0.15) is 24.1 Å². The summed E-state index contributed by atoms with van der Waals surface area (Å²) in [4.78, 5) is 25.5. The van der Waals surface area contributed by atoms with Crippen molar-refractivity contribution in [2.24, 2.45) is 0 Å². The first kappa shape index (κ1) is 23.2. The van der Waals surface area contributed by atoms with Crippen LogP contribution < -0.4 is 24.4 Å². The Labute approximate surface area is 207 Å². The van der Waals surface area contributed by atoms with Gasteiger partial charge in [0, 0.05) is 6.42 Å². The lowest BCUT2D eigenvalue weighted by Gasteiger charge is -2.20. The van der Waals surface area contributed by atoms with E-state index in [2.05, 4.69) is 10.6 Å². The topological polar surface area (TPSA) is 137 Å². The van der Waals surface area contributed by atoms with Gasteiger partial charge in [-0.25, -0.2) is 9.03 Å². The molecule has 2 heterocycles. The minimum atomic E-state index is -4.05. The maximum absolute atomic E-state index is 12.8. The number of fused-ring (bicyclic) bond motifs is 1. The number of aliphatic hydroxyl groups excluding tert-OH is 1. The summed E-state index contributed by atoms with van der Waals surface area (Å²) >= 11 is 0. The van der Waals surface area contributed by atoms with Gasteiger partial charge in [0.25, 0.3) is 5.91 Å². The molecule has 11 heteroatoms. The third kappa shape index (κ3) is 4.68. The van der Waals surface area contributed by atoms with E-state index in [9.17, 15) is 23.1 Å². The smallest absolute Gasteiger partial charge is 0.330 e. The standard InChI is InChI=1S/C25H22N4O6S/c30-23-14-29(36(33,34)28-23)21-11-10-17(13-22(21)35-15-16-6-2-1-3-7-16)12-20-25(32)26-19-9-5-4-8-18(19)24(31)27-20/h1-11,13-14,20,28,30H,12,15H2,(H,26,32)(H,27,31). The van der Waals surface area contributed by atoms with Gasteiger partial charge in [0.05, 0.1) is 17.5 Å². The molecule has 0 aliphatic carbocycles. The van der Waals surface area contributed by atoms with Crippen LogP contribution in [0, 0.1) is 0 Å². The quantitative estimate of drug-likeness (QED) is 0.406. The van der Waals surface area contributed by atoms with Crippen molar-refractivity contribution in [2.45, 2.75) is 19.1 Å². The fourth-order valence-electron chi connectivity index (χ4n) is 4.00. The van der Waals surface area contributed by atoms with Crippen LogP contribution in [0.15, 0.2) is 84.9 Å². The van der Waals surface area contributed by atoms with Crippen molar-refractivity contribution in [1.29, 1.82) is 0 Å². The summed E-state index contributed by atoms with van der Waals surface area (Å²) in [5.74, 6) is -1.05. The number of nitrogens with zero attached hydrogens (tertiary/aromatic N) is 1. The minimum Gasteiger partial charge on any atom is -0.493 e. The number of aliphatic hydroxyl groups is 1. The normalized spacial score (nSPS) is 18.3. The Kier molecular flexibility index (Phi) is 5.98. The van der Waals surface area contributed by atoms with Crippen molar-refractivity contribution in [3.63, 3.8) is 0 Å². The first-order valence-electron chi connectivity index (χ1n) is 11.0. The highest BCUT2D eigenvalue weighted by atomic mass is 32.2. The fraction of sp³-hybridized carbons (Fsp3) is 0.120. The number of hydrogen-bond donors (Lipinski definition) is 4. The fourth-order valence-corrected chi connectivity index (χ4v) is 5.06. The summed E-state index contributed by atoms with van der Waals surface area (Å²) in [5, 5.41) is 15.2. The van der Waals surface area contributed by atoms with Crippen molar-refractivity contribution in [3.05, 3.63) is 102 Å². The van der Waals surface area contributed by atoms with E-state index in [0.717, 1.165) is 16.1 Å². The van der Waals surface area contributed by atoms with Crippen molar-refractivity contribution in [3.8, 4) is 5.75 Å². The number of carbonyl (C=O) groups excluding carboxylic acids is 2. The molecule has 36 heavy (non-hydrogen) atoms. The van der Waals surface area contributed by atoms with Crippen molar-refractivity contribution < 1.29 is 27.9 Å². The highest BCUT2D eigenvalue weighted by Crippen LogP contribution is 2.34. The van der Waals surface area contributed by atoms with Gasteiger partial charge in [-0.2, -0.15) is 8.42 Å². The molecule has 0 fully saturated rings. The molecule has 0 aromatic heterocycles. The van der Waals surface area contributed by atoms with Crippen LogP contribution in [0.3, 0.4) is 0 Å². The Hall–Kier alpha value is -4.51. The van der Waals surface area contributed by atoms with Gasteiger partial charge in [-0.15, -0.1) is 0 Å². The lowest BCUT2D eigenvalue weighted by molar-refractivity contribution is -0.117. The van der Waals surface area contributed by atoms with Crippen molar-refractivity contribution in [1.82, 2.24) is 10.0 Å². The molecule has 4 N–H and O–H groups in total. The molecule has 2 aliphatic rings. The molecule has 184 valence electrons. The zero-order valence-corrected chi connectivity index (χ0v) is 19.7. The average Bonchev–Trinajstić information content (AvgIpc) is 3.07. The molecule has 0 spiro atoms. The maximum atomic E-state index is 12.8. The van der Waals surface area contributed by atoms with Crippen LogP contribution in [0.25, 0.3) is 0 Å². The molecular formula is C25H22N4O6S. The highest BCUT2D eigenvalue weighted by molar-refractivity contribution is 7.91. The van der Waals surface area contributed by atoms with Crippen molar-refractivity contribution >= 4 is 33.4 Å². The third-order valence-electron chi connectivity index (χ3n) is 5.72. The molecule has 2 amide bonds. The van der Waals surface area contributed by atoms with E-state index in [1.807, 2.05) is 35.1 Å². The molecule has 1 unspecified atom stereocenters. The van der Waals surface area contributed by atoms with Gasteiger partial charge in [-0.3, -0.25) is 9.59 Å². The number of rotatable bonds is 6. The van der Waals surface area contributed by atoms with Crippen LogP contribution in [-0.4, -0.2) is 31.4 Å². The number of anilines is 2. The Morgan fingerprint density at radius 3 is 2.44 bits per heavy atom. The zero-order chi connectivity index (χ0) is 25.3. The van der Waals surface area contributed by atoms with Crippen LogP contribution in [0.4, 0.5) is 11.4 Å². The number of amides is 2. The monoisotopic (exact) mass is 506 g/mol. The van der Waals surface area contributed by atoms with Gasteiger partial charge in [0.2, 0.25) is 11.8 Å². The second-order valence-electron chi connectivity index (χ2n) is 8.26. The van der Waals surface area contributed by atoms with Crippen LogP contribution in [-0.2, 0) is 28.0 Å². The first-order valence-corrected chi connectivity index (χ1v) is 12.5. The number of nitrogens with one attached hydrogen (secondary N) is 3. The molecule has 1 atom stereocenters. The van der Waals surface area contributed by atoms with E-state index in [4.69, 9.17) is 4.74 Å². The molecular weight excluding hydrogens is 484 g/mol. The molecule has 0 bridgehead atoms. The predicted molar refractivity (Wildman–Crippen MR) is 132 cm³/mol. The molecule has 0 saturated heterocycles. The Balaban J connectivity index is 1.44. The van der Waals surface area contributed by atoms with Gasteiger partial charge < -0.3 is 20.5 Å². The van der Waals surface area contributed by atoms with Crippen molar-refractivity contribution in [2.75, 3.05) is 9.62 Å². The lowest BCUT2D eigenvalue weighted by atomic mass is 10.0. The minimum absolute atomic E-state index is 0.139. The van der Waals surface area contributed by atoms with Gasteiger partial charge in [0.15, 0.2) is 0 Å². The predicted octanol–water partition coefficient (Wildman–Crippen LogP) is 2.57. The highest BCUT2D eigenvalue weighted by Gasteiger charge is 2.32. The molecule has 10 nitrogen and oxygen atoms in total. The van der Waals surface area contributed by atoms with Crippen LogP contribution in [0.5, 0.6) is 5.75 Å². The summed E-state index contributed by atoms with van der Waals surface area (Å²) in [6.45, 7) is 0.157. The Bertz CT molecular complexity index is 1470. The van der Waals surface area contributed by atoms with Gasteiger partial charge in [-0.1, -0.05) is 48.5 Å². The first-order chi connectivity index (χ1) is 17.3. The average molecular weight is 507 g/mol. The van der Waals surface area contributed by atoms with E-state index in [1.54, 1.807) is 36.4 Å². The summed E-state index contributed by atoms with van der Waals surface area (Å²) in [5.41, 5.74) is 2.47. The molecule has 3 aromatic carbocycles. The largest absolute Gasteiger partial charge is 0.493 e. The van der Waals surface area contributed by atoms with E-state index >= 15 is 0 Å². The number of para-hydroxylation sites is 1. The maximum Gasteiger partial charge on any atom is 0.330 e. The Morgan fingerprint density at radius 1 is 0.944 bits per heavy atom. The second-order valence-corrected chi connectivity index (χ2v) is 9.81. The zero-order valence-electron chi connectivity index (χ0n) is 18.8. The van der Waals surface area contributed by atoms with E-state index in [1.165, 1.54) is 6.07 Å². The number of ether oxygens (including phenoxy) is 1. The molecule has 0 saturated carbocycles. The van der Waals surface area contributed by atoms with E-state index < -0.39 is 22.1 Å². The van der Waals surface area contributed by atoms with Crippen LogP contribution in [0.1, 0.15) is 21.5 Å². The van der Waals surface area contributed by atoms with Gasteiger partial charge in [-0.05, 0) is 35.4 Å². The van der Waals surface area contributed by atoms with Crippen LogP contribution >= 0.6 is 0 Å². The number of carbonyl (C=O) groups is 2. The second kappa shape index (κ2) is 9.27. The van der Waals surface area contributed by atoms with Crippen LogP contribution in [0.2, 0.25) is 0 Å². The summed E-state index contributed by atoms with van der Waals surface area (Å²) < 4.78 is 33.8. The number of benzene rings is 3. The molecule has 2 aliphatic heterocycles. The van der Waals surface area contributed by atoms with Gasteiger partial charge >= 0.3 is 10.2 Å². The summed E-state index contributed by atoms with van der Waals surface area (Å²) in [7, 11) is -4.05. The lowest BCUT2D eigenvalue weighted by Crippen LogP contribution is -2.42. The molecule has 5 rings (SSSR count). The SMILES string of the molecule is O=C1NC(Cc2ccc(N3C=C(O)NS3(=O)=O)c(OCc3ccccc3)c2)C(=O)Nc2ccccc21. The van der Waals surface area contributed by atoms with E-state index in [0.29, 0.717) is 16.8 Å². The summed E-state index contributed by atoms with van der Waals surface area (Å²) in [6.07, 6.45) is 1.18. The summed E-state index contributed by atoms with van der Waals surface area (Å²) in [6, 6.07) is 20.0.